The number of rotatable bonds is 1. The van der Waals surface area contributed by atoms with Gasteiger partial charge in [-0.3, -0.25) is 9.59 Å². The molecule has 0 aromatic rings. The number of alkyl halides is 6. The van der Waals surface area contributed by atoms with Gasteiger partial charge in [0.05, 0.1) is 24.5 Å². The first kappa shape index (κ1) is 20.3. The molecule has 2 heterocycles. The standard InChI is InChI=1S/C19H13F6NO5/c1-30-17(29)13-11-7-5-3-2-4(8-9(5)16(28)31-15(8)27)6(7)10(11)12(18(20,21)22)14(26-13)19(23,24)25/h2-11H,1H3. The molecule has 2 saturated carbocycles. The van der Waals surface area contributed by atoms with Gasteiger partial charge < -0.3 is 9.47 Å². The molecule has 2 aliphatic heterocycles. The van der Waals surface area contributed by atoms with Crippen LogP contribution in [0.25, 0.3) is 0 Å². The molecular formula is C19H13F6NO5. The van der Waals surface area contributed by atoms with Crippen molar-refractivity contribution < 1.29 is 50.2 Å². The SMILES string of the molecule is COC(=O)C1=NC(C(F)(F)F)=C(C(F)(F)F)C2C1C1C3C=CC(C4C(=O)OC(=O)C34)C21. The largest absolute Gasteiger partial charge is 0.465 e. The highest BCUT2D eigenvalue weighted by Crippen LogP contribution is 2.70. The molecule has 8 atom stereocenters. The fourth-order valence-electron chi connectivity index (χ4n) is 6.32. The Labute approximate surface area is 170 Å². The van der Waals surface area contributed by atoms with E-state index in [0.717, 1.165) is 7.11 Å². The van der Waals surface area contributed by atoms with E-state index in [4.69, 9.17) is 0 Å². The van der Waals surface area contributed by atoms with Crippen LogP contribution in [-0.2, 0) is 23.9 Å². The summed E-state index contributed by atoms with van der Waals surface area (Å²) < 4.78 is 91.6. The normalized spacial score (nSPS) is 40.5. The Balaban J connectivity index is 1.70. The fourth-order valence-corrected chi connectivity index (χ4v) is 6.32. The number of methoxy groups -OCH3 is 1. The zero-order chi connectivity index (χ0) is 22.6. The van der Waals surface area contributed by atoms with Crippen LogP contribution in [0.4, 0.5) is 26.3 Å². The first-order chi connectivity index (χ1) is 14.4. The molecule has 12 heteroatoms. The number of carbonyl (C=O) groups excluding carboxylic acids is 3. The lowest BCUT2D eigenvalue weighted by Gasteiger charge is -2.64. The van der Waals surface area contributed by atoms with Gasteiger partial charge in [0.25, 0.3) is 0 Å². The maximum Gasteiger partial charge on any atom is 0.433 e. The number of nitrogens with zero attached hydrogens (tertiary/aromatic N) is 1. The summed E-state index contributed by atoms with van der Waals surface area (Å²) in [5.74, 6) is -11.5. The van der Waals surface area contributed by atoms with E-state index in [-0.39, 0.29) is 0 Å². The predicted molar refractivity (Wildman–Crippen MR) is 86.7 cm³/mol. The summed E-state index contributed by atoms with van der Waals surface area (Å²) in [7, 11) is 0.891. The Hall–Kier alpha value is -2.66. The van der Waals surface area contributed by atoms with Crippen LogP contribution in [-0.4, -0.2) is 43.1 Å². The molecule has 31 heavy (non-hydrogen) atoms. The molecule has 0 N–H and O–H groups in total. The van der Waals surface area contributed by atoms with Gasteiger partial charge in [0.2, 0.25) is 0 Å². The third kappa shape index (κ3) is 2.47. The van der Waals surface area contributed by atoms with Gasteiger partial charge in [-0.05, 0) is 23.7 Å². The highest BCUT2D eigenvalue weighted by atomic mass is 19.4. The molecule has 6 nitrogen and oxygen atoms in total. The van der Waals surface area contributed by atoms with Gasteiger partial charge in [-0.15, -0.1) is 0 Å². The summed E-state index contributed by atoms with van der Waals surface area (Å²) >= 11 is 0. The third-order valence-electron chi connectivity index (χ3n) is 7.17. The van der Waals surface area contributed by atoms with Crippen molar-refractivity contribution in [3.8, 4) is 0 Å². The van der Waals surface area contributed by atoms with Crippen molar-refractivity contribution in [3.63, 3.8) is 0 Å². The van der Waals surface area contributed by atoms with Gasteiger partial charge in [-0.25, -0.2) is 9.79 Å². The lowest BCUT2D eigenvalue weighted by atomic mass is 9.37. The van der Waals surface area contributed by atoms with E-state index in [1.807, 2.05) is 0 Å². The minimum Gasteiger partial charge on any atom is -0.465 e. The molecule has 0 aromatic heterocycles. The van der Waals surface area contributed by atoms with Crippen molar-refractivity contribution in [2.45, 2.75) is 12.4 Å². The molecule has 4 aliphatic carbocycles. The maximum absolute atomic E-state index is 13.9. The summed E-state index contributed by atoms with van der Waals surface area (Å²) in [5, 5.41) is 0. The third-order valence-corrected chi connectivity index (χ3v) is 7.17. The summed E-state index contributed by atoms with van der Waals surface area (Å²) in [4.78, 5) is 39.7. The Kier molecular flexibility index (Phi) is 3.90. The zero-order valence-corrected chi connectivity index (χ0v) is 15.5. The number of esters is 3. The number of hydrogen-bond donors (Lipinski definition) is 0. The number of fused-ring (bicyclic) bond motifs is 1. The number of aliphatic imine (C=N–C) groups is 1. The van der Waals surface area contributed by atoms with E-state index >= 15 is 0 Å². The second-order valence-corrected chi connectivity index (χ2v) is 8.28. The van der Waals surface area contributed by atoms with Crippen molar-refractivity contribution in [1.82, 2.24) is 0 Å². The van der Waals surface area contributed by atoms with Gasteiger partial charge in [-0.2, -0.15) is 26.3 Å². The van der Waals surface area contributed by atoms with Crippen LogP contribution in [0.15, 0.2) is 28.4 Å². The molecule has 8 unspecified atom stereocenters. The van der Waals surface area contributed by atoms with Crippen LogP contribution in [0.1, 0.15) is 0 Å². The molecule has 0 spiro atoms. The summed E-state index contributed by atoms with van der Waals surface area (Å²) in [6, 6.07) is 0. The molecule has 6 rings (SSSR count). The topological polar surface area (TPSA) is 82.0 Å². The van der Waals surface area contributed by atoms with Crippen LogP contribution in [0, 0.1) is 47.3 Å². The molecule has 0 amide bonds. The lowest BCUT2D eigenvalue weighted by molar-refractivity contribution is -0.170. The summed E-state index contributed by atoms with van der Waals surface area (Å²) in [6.45, 7) is 0. The van der Waals surface area contributed by atoms with Crippen molar-refractivity contribution in [2.24, 2.45) is 52.3 Å². The molecule has 6 aliphatic rings. The Morgan fingerprint density at radius 3 is 1.87 bits per heavy atom. The molecule has 0 radical (unpaired) electrons. The van der Waals surface area contributed by atoms with E-state index in [0.29, 0.717) is 0 Å². The molecule has 166 valence electrons. The fraction of sp³-hybridized carbons (Fsp3) is 0.579. The van der Waals surface area contributed by atoms with Gasteiger partial charge in [0.1, 0.15) is 5.71 Å². The first-order valence-electron chi connectivity index (χ1n) is 9.37. The van der Waals surface area contributed by atoms with Crippen molar-refractivity contribution in [2.75, 3.05) is 7.11 Å². The van der Waals surface area contributed by atoms with Crippen LogP contribution in [0.3, 0.4) is 0 Å². The molecular weight excluding hydrogens is 436 g/mol. The second-order valence-electron chi connectivity index (χ2n) is 8.28. The monoisotopic (exact) mass is 449 g/mol. The quantitative estimate of drug-likeness (QED) is 0.266. The second kappa shape index (κ2) is 5.98. The minimum absolute atomic E-state index is 0.746. The van der Waals surface area contributed by atoms with Crippen LogP contribution < -0.4 is 0 Å². The molecule has 3 fully saturated rings. The number of cyclic esters (lactones) is 2. The van der Waals surface area contributed by atoms with Gasteiger partial charge in [0.15, 0.2) is 5.70 Å². The number of allylic oxidation sites excluding steroid dienone is 4. The van der Waals surface area contributed by atoms with Crippen LogP contribution in [0.2, 0.25) is 0 Å². The van der Waals surface area contributed by atoms with Gasteiger partial charge in [0, 0.05) is 11.8 Å². The Morgan fingerprint density at radius 1 is 0.903 bits per heavy atom. The summed E-state index contributed by atoms with van der Waals surface area (Å²) in [6.07, 6.45) is -7.77. The first-order valence-corrected chi connectivity index (χ1v) is 9.37. The van der Waals surface area contributed by atoms with Gasteiger partial charge >= 0.3 is 30.3 Å². The summed E-state index contributed by atoms with van der Waals surface area (Å²) in [5.41, 5.74) is -4.77. The number of ether oxygens (including phenoxy) is 2. The molecule has 1 saturated heterocycles. The Bertz CT molecular complexity index is 1010. The van der Waals surface area contributed by atoms with Crippen LogP contribution >= 0.6 is 0 Å². The number of halogens is 6. The van der Waals surface area contributed by atoms with Crippen molar-refractivity contribution in [3.05, 3.63) is 23.4 Å². The van der Waals surface area contributed by atoms with Crippen LogP contribution in [0.5, 0.6) is 0 Å². The Morgan fingerprint density at radius 2 is 1.42 bits per heavy atom. The maximum atomic E-state index is 13.9. The molecule has 0 aromatic carbocycles. The predicted octanol–water partition coefficient (Wildman–Crippen LogP) is 2.60. The lowest BCUT2D eigenvalue weighted by Crippen LogP contribution is -2.67. The highest BCUT2D eigenvalue weighted by Gasteiger charge is 2.74. The minimum atomic E-state index is -5.46. The van der Waals surface area contributed by atoms with E-state index in [2.05, 4.69) is 14.5 Å². The number of carbonyl (C=O) groups is 3. The van der Waals surface area contributed by atoms with Gasteiger partial charge in [-0.1, -0.05) is 12.2 Å². The number of hydrogen-bond acceptors (Lipinski definition) is 6. The van der Waals surface area contributed by atoms with Crippen molar-refractivity contribution >= 4 is 23.6 Å². The smallest absolute Gasteiger partial charge is 0.433 e. The van der Waals surface area contributed by atoms with E-state index in [1.54, 1.807) is 6.08 Å². The average Bonchev–Trinajstić information content (AvgIpc) is 2.97. The van der Waals surface area contributed by atoms with E-state index < -0.39 is 94.6 Å². The van der Waals surface area contributed by atoms with E-state index in [9.17, 15) is 40.7 Å². The zero-order valence-electron chi connectivity index (χ0n) is 15.5. The molecule has 2 bridgehead atoms. The van der Waals surface area contributed by atoms with E-state index in [1.165, 1.54) is 6.08 Å². The van der Waals surface area contributed by atoms with Crippen molar-refractivity contribution in [1.29, 1.82) is 0 Å². The average molecular weight is 449 g/mol. The highest BCUT2D eigenvalue weighted by molar-refractivity contribution is 6.38.